The van der Waals surface area contributed by atoms with Crippen LogP contribution in [0.25, 0.3) is 54.2 Å². The van der Waals surface area contributed by atoms with Crippen LogP contribution in [0.3, 0.4) is 0 Å². The van der Waals surface area contributed by atoms with Crippen molar-refractivity contribution in [1.82, 2.24) is 0 Å². The van der Waals surface area contributed by atoms with Gasteiger partial charge in [0.1, 0.15) is 0 Å². The quantitative estimate of drug-likeness (QED) is 0.168. The van der Waals surface area contributed by atoms with Crippen LogP contribution in [0.2, 0.25) is 0 Å². The minimum Gasteiger partial charge on any atom is -0.0683 e. The van der Waals surface area contributed by atoms with E-state index in [4.69, 9.17) is 0 Å². The molecule has 1 aliphatic rings. The molecule has 0 saturated heterocycles. The van der Waals surface area contributed by atoms with Crippen LogP contribution in [-0.2, 0) is 5.41 Å². The first-order valence-electron chi connectivity index (χ1n) is 12.1. The molecule has 7 rings (SSSR count). The molecule has 1 aliphatic carbocycles. The van der Waals surface area contributed by atoms with Gasteiger partial charge in [-0.2, -0.15) is 0 Å². The van der Waals surface area contributed by atoms with Crippen LogP contribution in [0, 0.1) is 0 Å². The Kier molecular flexibility index (Phi) is 4.35. The topological polar surface area (TPSA) is 0 Å². The van der Waals surface area contributed by atoms with Crippen LogP contribution in [0.5, 0.6) is 0 Å². The summed E-state index contributed by atoms with van der Waals surface area (Å²) in [4.78, 5) is 0. The molecule has 0 nitrogen and oxygen atoms in total. The van der Waals surface area contributed by atoms with Gasteiger partial charge in [-0.15, -0.1) is 0 Å². The molecule has 6 aromatic carbocycles. The summed E-state index contributed by atoms with van der Waals surface area (Å²) in [6, 6.07) is 36.0. The zero-order chi connectivity index (χ0) is 22.7. The number of benzene rings is 6. The average Bonchev–Trinajstić information content (AvgIpc) is 2.86. The Labute approximate surface area is 195 Å². The molecule has 0 aliphatic heterocycles. The van der Waals surface area contributed by atoms with Gasteiger partial charge in [0.05, 0.1) is 0 Å². The number of rotatable bonds is 0. The third-order valence-corrected chi connectivity index (χ3v) is 7.34. The molecule has 0 radical (unpaired) electrons. The van der Waals surface area contributed by atoms with E-state index >= 15 is 0 Å². The summed E-state index contributed by atoms with van der Waals surface area (Å²) in [6.45, 7) is 8.84. The van der Waals surface area contributed by atoms with Crippen molar-refractivity contribution in [3.05, 3.63) is 108 Å². The van der Waals surface area contributed by atoms with Crippen molar-refractivity contribution in [3.8, 4) is 11.1 Å². The third-order valence-electron chi connectivity index (χ3n) is 7.34. The highest BCUT2D eigenvalue weighted by Gasteiger charge is 2.37. The van der Waals surface area contributed by atoms with Crippen molar-refractivity contribution in [2.24, 2.45) is 0 Å². The number of hydrogen-bond donors (Lipinski definition) is 0. The Bertz CT molecular complexity index is 1700. The zero-order valence-corrected chi connectivity index (χ0v) is 19.7. The second kappa shape index (κ2) is 7.18. The lowest BCUT2D eigenvalue weighted by Gasteiger charge is -2.38. The van der Waals surface area contributed by atoms with E-state index < -0.39 is 0 Å². The minimum absolute atomic E-state index is 0.119. The molecule has 0 amide bonds. The maximum absolute atomic E-state index is 2.42. The Morgan fingerprint density at radius 2 is 1.03 bits per heavy atom. The first-order chi connectivity index (χ1) is 16.2. The predicted octanol–water partition coefficient (Wildman–Crippen LogP) is 9.63. The summed E-state index contributed by atoms with van der Waals surface area (Å²) < 4.78 is 0. The second-order valence-corrected chi connectivity index (χ2v) is 9.34. The summed E-state index contributed by atoms with van der Waals surface area (Å²) in [5.74, 6) is 0. The van der Waals surface area contributed by atoms with Crippen LogP contribution in [0.4, 0.5) is 0 Å². The Balaban J connectivity index is 0.00000101. The Morgan fingerprint density at radius 3 is 1.76 bits per heavy atom. The maximum Gasteiger partial charge on any atom is 0.0171 e. The van der Waals surface area contributed by atoms with Crippen molar-refractivity contribution in [2.75, 3.05) is 0 Å². The highest BCUT2D eigenvalue weighted by molar-refractivity contribution is 6.22. The smallest absolute Gasteiger partial charge is 0.0171 e. The summed E-state index contributed by atoms with van der Waals surface area (Å²) in [5.41, 5.74) is 5.58. The molecular formula is C33H28. The first-order valence-corrected chi connectivity index (χ1v) is 12.1. The molecule has 0 fully saturated rings. The third kappa shape index (κ3) is 2.58. The van der Waals surface area contributed by atoms with Gasteiger partial charge in [-0.25, -0.2) is 0 Å². The highest BCUT2D eigenvalue weighted by Crippen LogP contribution is 2.55. The lowest BCUT2D eigenvalue weighted by molar-refractivity contribution is 0.658. The molecule has 33 heavy (non-hydrogen) atoms. The molecular weight excluding hydrogens is 396 g/mol. The van der Waals surface area contributed by atoms with Crippen LogP contribution >= 0.6 is 0 Å². The number of fused-ring (bicyclic) bond motifs is 9. The predicted molar refractivity (Wildman–Crippen MR) is 145 cm³/mol. The summed E-state index contributed by atoms with van der Waals surface area (Å²) in [7, 11) is 0. The number of hydrogen-bond acceptors (Lipinski definition) is 0. The molecule has 0 heteroatoms. The van der Waals surface area contributed by atoms with E-state index in [1.807, 2.05) is 13.8 Å². The Hall–Kier alpha value is -3.64. The molecule has 0 spiro atoms. The standard InChI is InChI=1S/C31H22.C2H6/c1-31(2)29-21-12-4-3-10-19(21)18-20-11-9-17-26(27(20)29)28-24-15-7-5-13-22(24)23-14-6-8-16-25(23)30(28)31;1-2/h3-18H,1-2H3;1-2H3. The molecule has 0 N–H and O–H groups in total. The fourth-order valence-electron chi connectivity index (χ4n) is 6.17. The van der Waals surface area contributed by atoms with Crippen molar-refractivity contribution in [1.29, 1.82) is 0 Å². The minimum atomic E-state index is -0.119. The molecule has 0 atom stereocenters. The average molecular weight is 425 g/mol. The van der Waals surface area contributed by atoms with E-state index in [0.717, 1.165) is 0 Å². The highest BCUT2D eigenvalue weighted by atomic mass is 14.4. The van der Waals surface area contributed by atoms with Crippen molar-refractivity contribution in [3.63, 3.8) is 0 Å². The summed E-state index contributed by atoms with van der Waals surface area (Å²) in [6.07, 6.45) is 0. The van der Waals surface area contributed by atoms with Crippen LogP contribution < -0.4 is 0 Å². The van der Waals surface area contributed by atoms with Gasteiger partial charge in [-0.05, 0) is 71.4 Å². The van der Waals surface area contributed by atoms with E-state index in [2.05, 4.69) is 111 Å². The molecule has 0 heterocycles. The van der Waals surface area contributed by atoms with Crippen molar-refractivity contribution < 1.29 is 0 Å². The van der Waals surface area contributed by atoms with Crippen molar-refractivity contribution in [2.45, 2.75) is 33.1 Å². The van der Waals surface area contributed by atoms with Gasteiger partial charge >= 0.3 is 0 Å². The van der Waals surface area contributed by atoms with Crippen molar-refractivity contribution >= 4 is 43.1 Å². The maximum atomic E-state index is 2.42. The molecule has 0 unspecified atom stereocenters. The van der Waals surface area contributed by atoms with Crippen LogP contribution in [0.1, 0.15) is 38.8 Å². The second-order valence-electron chi connectivity index (χ2n) is 9.34. The normalized spacial score (nSPS) is 13.7. The molecule has 6 aromatic rings. The van der Waals surface area contributed by atoms with E-state index in [-0.39, 0.29) is 5.41 Å². The lowest BCUT2D eigenvalue weighted by Crippen LogP contribution is -2.25. The largest absolute Gasteiger partial charge is 0.0683 e. The van der Waals surface area contributed by atoms with E-state index in [0.29, 0.717) is 0 Å². The first kappa shape index (κ1) is 20.0. The molecule has 0 saturated carbocycles. The SMILES string of the molecule is CC.CC1(C)c2c(c3ccccc3c3ccccc23)-c2cccc3cc4ccccc4c1c23. The van der Waals surface area contributed by atoms with E-state index in [1.165, 1.54) is 65.3 Å². The van der Waals surface area contributed by atoms with Gasteiger partial charge in [-0.1, -0.05) is 119 Å². The van der Waals surface area contributed by atoms with Gasteiger partial charge < -0.3 is 0 Å². The van der Waals surface area contributed by atoms with Gasteiger partial charge in [0, 0.05) is 5.41 Å². The molecule has 0 bridgehead atoms. The van der Waals surface area contributed by atoms with Gasteiger partial charge in [-0.3, -0.25) is 0 Å². The van der Waals surface area contributed by atoms with Crippen LogP contribution in [0.15, 0.2) is 97.1 Å². The van der Waals surface area contributed by atoms with Crippen LogP contribution in [-0.4, -0.2) is 0 Å². The lowest BCUT2D eigenvalue weighted by atomic mass is 9.65. The van der Waals surface area contributed by atoms with Gasteiger partial charge in [0.2, 0.25) is 0 Å². The van der Waals surface area contributed by atoms with Gasteiger partial charge in [0.15, 0.2) is 0 Å². The monoisotopic (exact) mass is 424 g/mol. The zero-order valence-electron chi connectivity index (χ0n) is 19.7. The fraction of sp³-hybridized carbons (Fsp3) is 0.152. The molecule has 160 valence electrons. The van der Waals surface area contributed by atoms with E-state index in [1.54, 1.807) is 0 Å². The Morgan fingerprint density at radius 1 is 0.485 bits per heavy atom. The molecule has 0 aromatic heterocycles. The van der Waals surface area contributed by atoms with Gasteiger partial charge in [0.25, 0.3) is 0 Å². The fourth-order valence-corrected chi connectivity index (χ4v) is 6.17. The van der Waals surface area contributed by atoms with E-state index in [9.17, 15) is 0 Å². The summed E-state index contributed by atoms with van der Waals surface area (Å²) >= 11 is 0. The summed E-state index contributed by atoms with van der Waals surface area (Å²) in [5, 5.41) is 10.9.